The molecule has 0 bridgehead atoms. The zero-order valence-electron chi connectivity index (χ0n) is 20.1. The number of nitrogens with zero attached hydrogens (tertiary/aromatic N) is 6. The summed E-state index contributed by atoms with van der Waals surface area (Å²) in [6.07, 6.45) is 4.12. The largest absolute Gasteiger partial charge is 0.454 e. The maximum Gasteiger partial charge on any atom is 0.251 e. The van der Waals surface area contributed by atoms with E-state index in [9.17, 15) is 10.1 Å². The van der Waals surface area contributed by atoms with Crippen LogP contribution in [0.25, 0.3) is 11.5 Å². The fourth-order valence-electron chi connectivity index (χ4n) is 4.46. The van der Waals surface area contributed by atoms with E-state index in [0.29, 0.717) is 56.9 Å². The molecule has 4 aliphatic heterocycles. The van der Waals surface area contributed by atoms with Gasteiger partial charge in [-0.15, -0.1) is 0 Å². The number of aryl methyl sites for hydroxylation is 1. The Kier molecular flexibility index (Phi) is 6.84. The molecular weight excluding hydrogens is 482 g/mol. The van der Waals surface area contributed by atoms with Crippen LogP contribution < -0.4 is 15.2 Å². The third kappa shape index (κ3) is 4.76. The second-order valence-corrected chi connectivity index (χ2v) is 9.86. The van der Waals surface area contributed by atoms with Gasteiger partial charge in [0.2, 0.25) is 6.79 Å². The minimum Gasteiger partial charge on any atom is -0.454 e. The van der Waals surface area contributed by atoms with Crippen LogP contribution in [0.15, 0.2) is 28.5 Å². The highest BCUT2D eigenvalue weighted by molar-refractivity contribution is 7.99. The number of ether oxygens (including phenoxy) is 3. The van der Waals surface area contributed by atoms with Crippen molar-refractivity contribution < 1.29 is 19.0 Å². The smallest absolute Gasteiger partial charge is 0.251 e. The van der Waals surface area contributed by atoms with Gasteiger partial charge in [-0.1, -0.05) is 0 Å². The number of hydrogen-bond donors (Lipinski definition) is 1. The Morgan fingerprint density at radius 1 is 1.31 bits per heavy atom. The lowest BCUT2D eigenvalue weighted by Gasteiger charge is -2.33. The van der Waals surface area contributed by atoms with Crippen LogP contribution in [-0.2, 0) is 16.1 Å². The molecule has 12 heteroatoms. The van der Waals surface area contributed by atoms with E-state index in [4.69, 9.17) is 24.9 Å². The first-order valence-electron chi connectivity index (χ1n) is 11.8. The lowest BCUT2D eigenvalue weighted by molar-refractivity contribution is -0.142. The Labute approximate surface area is 212 Å². The molecule has 0 unspecified atom stereocenters. The molecule has 36 heavy (non-hydrogen) atoms. The number of rotatable bonds is 7. The van der Waals surface area contributed by atoms with Crippen LogP contribution in [0.5, 0.6) is 11.5 Å². The van der Waals surface area contributed by atoms with Gasteiger partial charge < -0.3 is 29.4 Å². The lowest BCUT2D eigenvalue weighted by Crippen LogP contribution is -2.43. The number of aromatic nitrogens is 4. The van der Waals surface area contributed by atoms with Crippen molar-refractivity contribution in [3.63, 3.8) is 0 Å². The highest BCUT2D eigenvalue weighted by atomic mass is 32.2. The van der Waals surface area contributed by atoms with E-state index >= 15 is 0 Å². The molecule has 1 aromatic carbocycles. The Morgan fingerprint density at radius 2 is 2.06 bits per heavy atom. The van der Waals surface area contributed by atoms with Crippen LogP contribution in [0.4, 0.5) is 5.82 Å². The van der Waals surface area contributed by atoms with Crippen molar-refractivity contribution in [2.24, 2.45) is 5.92 Å². The van der Waals surface area contributed by atoms with Crippen LogP contribution >= 0.6 is 11.8 Å². The van der Waals surface area contributed by atoms with Gasteiger partial charge in [0.1, 0.15) is 12.2 Å². The number of benzene rings is 1. The summed E-state index contributed by atoms with van der Waals surface area (Å²) in [5.41, 5.74) is 7.10. The molecule has 1 saturated heterocycles. The molecule has 4 aliphatic rings. The number of amides is 1. The van der Waals surface area contributed by atoms with E-state index in [2.05, 4.69) is 16.0 Å². The second-order valence-electron chi connectivity index (χ2n) is 8.85. The van der Waals surface area contributed by atoms with Gasteiger partial charge in [-0.3, -0.25) is 4.79 Å². The first-order chi connectivity index (χ1) is 17.5. The Morgan fingerprint density at radius 3 is 2.78 bits per heavy atom. The Balaban J connectivity index is 1.28. The molecule has 0 aromatic heterocycles. The van der Waals surface area contributed by atoms with Crippen LogP contribution in [-0.4, -0.2) is 63.4 Å². The molecule has 0 aliphatic carbocycles. The third-order valence-corrected chi connectivity index (χ3v) is 7.60. The second kappa shape index (κ2) is 10.2. The molecule has 0 saturated carbocycles. The summed E-state index contributed by atoms with van der Waals surface area (Å²) >= 11 is 1.28. The molecule has 4 heterocycles. The molecule has 1 atom stereocenters. The maximum absolute atomic E-state index is 12.4. The average molecular weight is 510 g/mol. The van der Waals surface area contributed by atoms with E-state index in [1.807, 2.05) is 9.47 Å². The average Bonchev–Trinajstić information content (AvgIpc) is 3.54. The summed E-state index contributed by atoms with van der Waals surface area (Å²) in [6.45, 7) is 4.11. The summed E-state index contributed by atoms with van der Waals surface area (Å²) in [6, 6.07) is 5.63. The van der Waals surface area contributed by atoms with Gasteiger partial charge in [-0.25, -0.2) is 15.0 Å². The van der Waals surface area contributed by atoms with E-state index in [1.54, 1.807) is 32.5 Å². The SMILES string of the molecule is CO[C@@H](C)C(=O)N1CCC(CCn2cnc(N)c3nc(Sc4cc5c(cc4C#N)OCO5)nc2-3)CC1. The molecule has 0 radical (unpaired) electrons. The highest BCUT2D eigenvalue weighted by Crippen LogP contribution is 2.41. The molecule has 188 valence electrons. The van der Waals surface area contributed by atoms with E-state index < -0.39 is 6.10 Å². The van der Waals surface area contributed by atoms with E-state index in [1.165, 1.54) is 11.8 Å². The first kappa shape index (κ1) is 24.1. The van der Waals surface area contributed by atoms with Crippen molar-refractivity contribution in [2.75, 3.05) is 32.7 Å². The normalized spacial score (nSPS) is 16.3. The molecule has 1 fully saturated rings. The molecule has 1 amide bonds. The number of carbonyl (C=O) groups excluding carboxylic acids is 1. The fourth-order valence-corrected chi connectivity index (χ4v) is 5.30. The van der Waals surface area contributed by atoms with Gasteiger partial charge in [-0.05, 0) is 49.9 Å². The topological polar surface area (TPSA) is 141 Å². The predicted molar refractivity (Wildman–Crippen MR) is 131 cm³/mol. The minimum absolute atomic E-state index is 0.0499. The summed E-state index contributed by atoms with van der Waals surface area (Å²) in [7, 11) is 1.56. The lowest BCUT2D eigenvalue weighted by atomic mass is 9.93. The van der Waals surface area contributed by atoms with E-state index in [0.717, 1.165) is 32.4 Å². The Hall–Kier alpha value is -3.56. The number of nitriles is 1. The predicted octanol–water partition coefficient (Wildman–Crippen LogP) is 2.78. The highest BCUT2D eigenvalue weighted by Gasteiger charge is 2.27. The first-order valence-corrected chi connectivity index (χ1v) is 12.6. The van der Waals surface area contributed by atoms with Gasteiger partial charge >= 0.3 is 0 Å². The van der Waals surface area contributed by atoms with Gasteiger partial charge in [0, 0.05) is 37.7 Å². The minimum atomic E-state index is -0.406. The number of piperidine rings is 1. The summed E-state index contributed by atoms with van der Waals surface area (Å²) in [5, 5.41) is 10.1. The molecular formula is C24H27N7O4S. The van der Waals surface area contributed by atoms with Gasteiger partial charge in [0.05, 0.1) is 11.9 Å². The van der Waals surface area contributed by atoms with Crippen molar-refractivity contribution in [1.82, 2.24) is 24.4 Å². The standard InChI is InChI=1S/C24H27N7O4S/c1-14(33-2)23(32)30-6-3-15(4-7-30)5-8-31-12-27-21(26)20-22(31)29-24(28-20)36-19-10-18-17(34-13-35-18)9-16(19)11-25/h9-10,12,14-15H,3-8,13,26H2,1-2H3/t14-/m0/s1. The fraction of sp³-hybridized carbons (Fsp3) is 0.458. The van der Waals surface area contributed by atoms with Gasteiger partial charge in [0.25, 0.3) is 5.91 Å². The van der Waals surface area contributed by atoms with Crippen molar-refractivity contribution >= 4 is 23.5 Å². The van der Waals surface area contributed by atoms with Crippen molar-refractivity contribution in [2.45, 2.75) is 48.9 Å². The van der Waals surface area contributed by atoms with Gasteiger partial charge in [0.15, 0.2) is 34.0 Å². The monoisotopic (exact) mass is 509 g/mol. The zero-order chi connectivity index (χ0) is 25.2. The van der Waals surface area contributed by atoms with Crippen LogP contribution in [0.2, 0.25) is 0 Å². The van der Waals surface area contributed by atoms with Crippen LogP contribution in [0.1, 0.15) is 31.7 Å². The quantitative estimate of drug-likeness (QED) is 0.505. The molecule has 2 N–H and O–H groups in total. The van der Waals surface area contributed by atoms with Gasteiger partial charge in [-0.2, -0.15) is 5.26 Å². The van der Waals surface area contributed by atoms with Crippen molar-refractivity contribution in [1.29, 1.82) is 5.26 Å². The molecule has 11 nitrogen and oxygen atoms in total. The molecule has 5 rings (SSSR count). The number of methoxy groups -OCH3 is 1. The number of likely N-dealkylation sites (tertiary alicyclic amines) is 1. The van der Waals surface area contributed by atoms with Crippen molar-refractivity contribution in [3.8, 4) is 29.1 Å². The zero-order valence-corrected chi connectivity index (χ0v) is 21.0. The number of carbonyl (C=O) groups is 1. The number of hydrogen-bond acceptors (Lipinski definition) is 10. The molecule has 0 spiro atoms. The Bertz CT molecular complexity index is 1280. The third-order valence-electron chi connectivity index (χ3n) is 6.67. The number of anilines is 1. The summed E-state index contributed by atoms with van der Waals surface area (Å²) in [5.74, 6) is 2.66. The number of fused-ring (bicyclic) bond motifs is 2. The maximum atomic E-state index is 12.4. The summed E-state index contributed by atoms with van der Waals surface area (Å²) < 4.78 is 18.0. The van der Waals surface area contributed by atoms with Crippen LogP contribution in [0, 0.1) is 17.2 Å². The molecule has 1 aromatic rings. The summed E-state index contributed by atoms with van der Waals surface area (Å²) in [4.78, 5) is 28.5. The van der Waals surface area contributed by atoms with E-state index in [-0.39, 0.29) is 12.7 Å². The number of nitrogen functional groups attached to an aromatic ring is 1. The number of nitrogens with two attached hydrogens (primary N) is 1. The van der Waals surface area contributed by atoms with Crippen molar-refractivity contribution in [3.05, 3.63) is 24.0 Å². The van der Waals surface area contributed by atoms with Crippen LogP contribution in [0.3, 0.4) is 0 Å². The number of imidazole rings is 1.